The van der Waals surface area contributed by atoms with Crippen LogP contribution in [0.1, 0.15) is 37.6 Å². The molecule has 1 aliphatic heterocycles. The second-order valence-electron chi connectivity index (χ2n) is 7.29. The summed E-state index contributed by atoms with van der Waals surface area (Å²) in [4.78, 5) is 42.2. The van der Waals surface area contributed by atoms with Crippen LogP contribution in [0.15, 0.2) is 18.2 Å². The van der Waals surface area contributed by atoms with Crippen LogP contribution in [0, 0.1) is 0 Å². The van der Waals surface area contributed by atoms with E-state index in [4.69, 9.17) is 9.47 Å². The number of rotatable bonds is 9. The monoisotopic (exact) mass is 419 g/mol. The van der Waals surface area contributed by atoms with Crippen molar-refractivity contribution in [2.24, 2.45) is 0 Å². The molecule has 0 atom stereocenters. The van der Waals surface area contributed by atoms with Crippen molar-refractivity contribution < 1.29 is 23.9 Å². The first kappa shape index (κ1) is 23.7. The van der Waals surface area contributed by atoms with Gasteiger partial charge in [-0.3, -0.25) is 19.3 Å². The van der Waals surface area contributed by atoms with Crippen LogP contribution in [0.4, 0.5) is 0 Å². The van der Waals surface area contributed by atoms with Crippen LogP contribution in [0.5, 0.6) is 11.5 Å². The van der Waals surface area contributed by atoms with Crippen LogP contribution in [0.3, 0.4) is 0 Å². The van der Waals surface area contributed by atoms with Gasteiger partial charge in [-0.15, -0.1) is 0 Å². The molecule has 0 saturated carbocycles. The highest BCUT2D eigenvalue weighted by Crippen LogP contribution is 2.28. The zero-order valence-corrected chi connectivity index (χ0v) is 18.5. The van der Waals surface area contributed by atoms with Gasteiger partial charge in [-0.2, -0.15) is 0 Å². The highest BCUT2D eigenvalue weighted by atomic mass is 16.5. The highest BCUT2D eigenvalue weighted by molar-refractivity contribution is 5.94. The molecular formula is C22H33N3O5. The molecule has 2 rings (SSSR count). The number of hydrogen-bond donors (Lipinski definition) is 0. The lowest BCUT2D eigenvalue weighted by atomic mass is 10.1. The molecule has 2 amide bonds. The van der Waals surface area contributed by atoms with Crippen molar-refractivity contribution in [2.45, 2.75) is 27.2 Å². The number of amides is 2. The molecule has 0 aromatic heterocycles. The third kappa shape index (κ3) is 6.45. The van der Waals surface area contributed by atoms with Crippen LogP contribution < -0.4 is 9.47 Å². The minimum atomic E-state index is -0.107. The van der Waals surface area contributed by atoms with Crippen molar-refractivity contribution in [3.8, 4) is 11.5 Å². The summed E-state index contributed by atoms with van der Waals surface area (Å²) in [5.41, 5.74) is 0.525. The van der Waals surface area contributed by atoms with Crippen molar-refractivity contribution in [3.63, 3.8) is 0 Å². The van der Waals surface area contributed by atoms with Crippen LogP contribution in [-0.2, 0) is 9.59 Å². The van der Waals surface area contributed by atoms with E-state index >= 15 is 0 Å². The van der Waals surface area contributed by atoms with Crippen molar-refractivity contribution in [1.82, 2.24) is 14.7 Å². The summed E-state index contributed by atoms with van der Waals surface area (Å²) in [5.74, 6) is 0.808. The molecule has 1 heterocycles. The zero-order chi connectivity index (χ0) is 22.1. The third-order valence-electron chi connectivity index (χ3n) is 5.34. The van der Waals surface area contributed by atoms with Crippen molar-refractivity contribution in [1.29, 1.82) is 0 Å². The Morgan fingerprint density at radius 2 is 1.77 bits per heavy atom. The van der Waals surface area contributed by atoms with Gasteiger partial charge in [0.2, 0.25) is 5.91 Å². The van der Waals surface area contributed by atoms with Gasteiger partial charge in [-0.05, 0) is 45.4 Å². The van der Waals surface area contributed by atoms with Gasteiger partial charge in [-0.25, -0.2) is 0 Å². The SMILES string of the molecule is CCN(CC)C(=O)CN1CCCN(C(=O)COc2ccc(C(C)=O)cc2OC)CC1. The average molecular weight is 420 g/mol. The first-order valence-electron chi connectivity index (χ1n) is 10.5. The van der Waals surface area contributed by atoms with Gasteiger partial charge >= 0.3 is 0 Å². The fraction of sp³-hybridized carbons (Fsp3) is 0.591. The fourth-order valence-corrected chi connectivity index (χ4v) is 3.48. The summed E-state index contributed by atoms with van der Waals surface area (Å²) in [6.45, 7) is 9.80. The van der Waals surface area contributed by atoms with Crippen LogP contribution in [-0.4, -0.2) is 91.8 Å². The topological polar surface area (TPSA) is 79.4 Å². The fourth-order valence-electron chi connectivity index (χ4n) is 3.48. The summed E-state index contributed by atoms with van der Waals surface area (Å²) in [5, 5.41) is 0. The van der Waals surface area contributed by atoms with Crippen molar-refractivity contribution in [2.75, 3.05) is 59.5 Å². The molecule has 0 N–H and O–H groups in total. The Morgan fingerprint density at radius 3 is 2.40 bits per heavy atom. The van der Waals surface area contributed by atoms with E-state index in [9.17, 15) is 14.4 Å². The molecule has 0 radical (unpaired) electrons. The smallest absolute Gasteiger partial charge is 0.260 e. The second kappa shape index (κ2) is 11.5. The second-order valence-corrected chi connectivity index (χ2v) is 7.29. The van der Waals surface area contributed by atoms with Crippen molar-refractivity contribution >= 4 is 17.6 Å². The zero-order valence-electron chi connectivity index (χ0n) is 18.5. The maximum atomic E-state index is 12.6. The minimum absolute atomic E-state index is 0.0653. The quantitative estimate of drug-likeness (QED) is 0.567. The maximum Gasteiger partial charge on any atom is 0.260 e. The summed E-state index contributed by atoms with van der Waals surface area (Å²) >= 11 is 0. The third-order valence-corrected chi connectivity index (χ3v) is 5.34. The molecule has 0 unspecified atom stereocenters. The Labute approximate surface area is 178 Å². The number of benzene rings is 1. The molecule has 1 fully saturated rings. The van der Waals surface area contributed by atoms with E-state index in [1.54, 1.807) is 23.1 Å². The summed E-state index contributed by atoms with van der Waals surface area (Å²) < 4.78 is 10.9. The normalized spacial score (nSPS) is 14.7. The van der Waals surface area contributed by atoms with Crippen molar-refractivity contribution in [3.05, 3.63) is 23.8 Å². The molecule has 166 valence electrons. The highest BCUT2D eigenvalue weighted by Gasteiger charge is 2.22. The van der Waals surface area contributed by atoms with Gasteiger partial charge in [0.15, 0.2) is 23.9 Å². The van der Waals surface area contributed by atoms with Gasteiger partial charge in [0, 0.05) is 44.8 Å². The minimum Gasteiger partial charge on any atom is -0.493 e. The Hall–Kier alpha value is -2.61. The van der Waals surface area contributed by atoms with E-state index in [0.717, 1.165) is 13.0 Å². The maximum absolute atomic E-state index is 12.6. The van der Waals surface area contributed by atoms with Crippen LogP contribution in [0.2, 0.25) is 0 Å². The Bertz CT molecular complexity index is 748. The molecule has 8 nitrogen and oxygen atoms in total. The van der Waals surface area contributed by atoms with E-state index in [1.165, 1.54) is 14.0 Å². The molecule has 1 aromatic carbocycles. The lowest BCUT2D eigenvalue weighted by Crippen LogP contribution is -2.42. The molecule has 0 aliphatic carbocycles. The predicted octanol–water partition coefficient (Wildman–Crippen LogP) is 1.68. The van der Waals surface area contributed by atoms with E-state index in [-0.39, 0.29) is 24.2 Å². The lowest BCUT2D eigenvalue weighted by molar-refractivity contribution is -0.133. The number of likely N-dealkylation sites (N-methyl/N-ethyl adjacent to an activating group) is 1. The van der Waals surface area contributed by atoms with Gasteiger partial charge in [-0.1, -0.05) is 0 Å². The number of carbonyl (C=O) groups is 3. The first-order chi connectivity index (χ1) is 14.4. The predicted molar refractivity (Wildman–Crippen MR) is 114 cm³/mol. The summed E-state index contributed by atoms with van der Waals surface area (Å²) in [6, 6.07) is 4.91. The Kier molecular flexibility index (Phi) is 9.11. The average Bonchev–Trinajstić information content (AvgIpc) is 2.98. The molecule has 0 spiro atoms. The molecule has 1 saturated heterocycles. The van der Waals surface area contributed by atoms with E-state index in [2.05, 4.69) is 4.90 Å². The molecule has 8 heteroatoms. The standard InChI is InChI=1S/C22H33N3O5/c1-5-24(6-2)21(27)15-23-10-7-11-25(13-12-23)22(28)16-30-19-9-8-18(17(3)26)14-20(19)29-4/h8-9,14H,5-7,10-13,15-16H2,1-4H3. The van der Waals surface area contributed by atoms with Gasteiger partial charge < -0.3 is 19.3 Å². The Balaban J connectivity index is 1.88. The number of ketones is 1. The molecule has 0 bridgehead atoms. The molecule has 1 aliphatic rings. The lowest BCUT2D eigenvalue weighted by Gasteiger charge is -2.25. The number of hydrogen-bond acceptors (Lipinski definition) is 6. The molecule has 30 heavy (non-hydrogen) atoms. The van der Waals surface area contributed by atoms with Gasteiger partial charge in [0.25, 0.3) is 5.91 Å². The van der Waals surface area contributed by atoms with E-state index in [0.29, 0.717) is 56.3 Å². The van der Waals surface area contributed by atoms with Crippen LogP contribution in [0.25, 0.3) is 0 Å². The molecular weight excluding hydrogens is 386 g/mol. The number of methoxy groups -OCH3 is 1. The number of nitrogens with zero attached hydrogens (tertiary/aromatic N) is 3. The van der Waals surface area contributed by atoms with Gasteiger partial charge in [0.1, 0.15) is 0 Å². The summed E-state index contributed by atoms with van der Waals surface area (Å²) in [7, 11) is 1.50. The van der Waals surface area contributed by atoms with Gasteiger partial charge in [0.05, 0.1) is 13.7 Å². The first-order valence-corrected chi connectivity index (χ1v) is 10.5. The largest absolute Gasteiger partial charge is 0.493 e. The molecule has 1 aromatic rings. The van der Waals surface area contributed by atoms with E-state index < -0.39 is 0 Å². The summed E-state index contributed by atoms with van der Waals surface area (Å²) in [6.07, 6.45) is 0.813. The van der Waals surface area contributed by atoms with E-state index in [1.807, 2.05) is 18.7 Å². The number of Topliss-reactive ketones (excluding diaryl/α,β-unsaturated/α-hetero) is 1. The number of ether oxygens (including phenoxy) is 2. The number of carbonyl (C=O) groups excluding carboxylic acids is 3. The Morgan fingerprint density at radius 1 is 1.03 bits per heavy atom. The van der Waals surface area contributed by atoms with Crippen LogP contribution >= 0.6 is 0 Å².